The van der Waals surface area contributed by atoms with E-state index in [4.69, 9.17) is 4.98 Å². The number of benzene rings is 1. The van der Waals surface area contributed by atoms with E-state index in [1.807, 2.05) is 0 Å². The van der Waals surface area contributed by atoms with Gasteiger partial charge in [-0.3, -0.25) is 4.90 Å². The van der Waals surface area contributed by atoms with Crippen LogP contribution in [0.1, 0.15) is 41.4 Å². The van der Waals surface area contributed by atoms with Crippen LogP contribution in [0.5, 0.6) is 0 Å². The van der Waals surface area contributed by atoms with Crippen LogP contribution in [0, 0.1) is 0 Å². The number of nitrogens with one attached hydrogen (secondary N) is 1. The van der Waals surface area contributed by atoms with E-state index in [0.29, 0.717) is 5.92 Å². The summed E-state index contributed by atoms with van der Waals surface area (Å²) >= 11 is 3.53. The van der Waals surface area contributed by atoms with Crippen molar-refractivity contribution in [2.75, 3.05) is 6.54 Å². The Kier molecular flexibility index (Phi) is 3.45. The maximum Gasteiger partial charge on any atom is 0.131 e. The van der Waals surface area contributed by atoms with E-state index in [2.05, 4.69) is 61.4 Å². The van der Waals surface area contributed by atoms with E-state index >= 15 is 0 Å². The highest BCUT2D eigenvalue weighted by Crippen LogP contribution is 2.38. The first-order valence-electron chi connectivity index (χ1n) is 8.59. The van der Waals surface area contributed by atoms with Crippen molar-refractivity contribution in [3.8, 4) is 0 Å². The van der Waals surface area contributed by atoms with Gasteiger partial charge in [-0.25, -0.2) is 9.97 Å². The van der Waals surface area contributed by atoms with Gasteiger partial charge in [0.05, 0.1) is 0 Å². The van der Waals surface area contributed by atoms with E-state index in [-0.39, 0.29) is 0 Å². The van der Waals surface area contributed by atoms with Crippen molar-refractivity contribution in [3.63, 3.8) is 0 Å². The van der Waals surface area contributed by atoms with Crippen molar-refractivity contribution in [3.05, 3.63) is 57.7 Å². The minimum atomic E-state index is 0.638. The summed E-state index contributed by atoms with van der Waals surface area (Å²) in [4.78, 5) is 15.3. The highest BCUT2D eigenvalue weighted by atomic mass is 79.9. The normalized spacial score (nSPS) is 18.0. The zero-order chi connectivity index (χ0) is 16.1. The van der Waals surface area contributed by atoms with Gasteiger partial charge in [0.15, 0.2) is 0 Å². The number of hydrogen-bond donors (Lipinski definition) is 1. The van der Waals surface area contributed by atoms with Crippen LogP contribution in [-0.2, 0) is 19.5 Å². The second-order valence-electron chi connectivity index (χ2n) is 6.94. The Hall–Kier alpha value is -1.72. The summed E-state index contributed by atoms with van der Waals surface area (Å²) in [6.07, 6.45) is 7.77. The van der Waals surface area contributed by atoms with Crippen LogP contribution in [0.4, 0.5) is 0 Å². The van der Waals surface area contributed by atoms with Gasteiger partial charge in [0.25, 0.3) is 0 Å². The molecule has 0 bridgehead atoms. The van der Waals surface area contributed by atoms with Gasteiger partial charge in [0.1, 0.15) is 5.82 Å². The molecule has 3 heterocycles. The van der Waals surface area contributed by atoms with E-state index in [1.165, 1.54) is 40.6 Å². The monoisotopic (exact) mass is 382 g/mol. The van der Waals surface area contributed by atoms with Crippen LogP contribution < -0.4 is 0 Å². The van der Waals surface area contributed by atoms with Crippen LogP contribution >= 0.6 is 15.9 Å². The maximum absolute atomic E-state index is 4.82. The van der Waals surface area contributed by atoms with Crippen LogP contribution in [0.3, 0.4) is 0 Å². The van der Waals surface area contributed by atoms with Gasteiger partial charge in [0, 0.05) is 71.0 Å². The summed E-state index contributed by atoms with van der Waals surface area (Å²) in [6.45, 7) is 2.98. The maximum atomic E-state index is 4.82. The van der Waals surface area contributed by atoms with Gasteiger partial charge in [-0.1, -0.05) is 22.0 Å². The summed E-state index contributed by atoms with van der Waals surface area (Å²) in [5, 5.41) is 1.31. The lowest BCUT2D eigenvalue weighted by Gasteiger charge is -2.27. The van der Waals surface area contributed by atoms with Gasteiger partial charge in [-0.2, -0.15) is 0 Å². The average Bonchev–Trinajstić information content (AvgIpc) is 3.37. The summed E-state index contributed by atoms with van der Waals surface area (Å²) in [7, 11) is 0. The molecule has 1 aromatic carbocycles. The number of fused-ring (bicyclic) bond motifs is 2. The highest BCUT2D eigenvalue weighted by molar-refractivity contribution is 9.10. The smallest absolute Gasteiger partial charge is 0.131 e. The molecule has 0 radical (unpaired) electrons. The minimum Gasteiger partial charge on any atom is -0.361 e. The van der Waals surface area contributed by atoms with E-state index in [9.17, 15) is 0 Å². The standard InChI is InChI=1S/C19H19BrN4/c20-15-3-4-16-13(8-21-18(16)7-15)10-24-6-5-17-14(11-24)9-22-19(23-17)12-1-2-12/h3-4,7-9,12,21H,1-2,5-6,10-11H2. The number of aromatic nitrogens is 3. The van der Waals surface area contributed by atoms with Gasteiger partial charge >= 0.3 is 0 Å². The second kappa shape index (κ2) is 5.67. The molecule has 0 unspecified atom stereocenters. The lowest BCUT2D eigenvalue weighted by atomic mass is 10.1. The van der Waals surface area contributed by atoms with Gasteiger partial charge in [-0.15, -0.1) is 0 Å². The van der Waals surface area contributed by atoms with Crippen molar-refractivity contribution in [1.82, 2.24) is 19.9 Å². The number of rotatable bonds is 3. The third-order valence-corrected chi connectivity index (χ3v) is 5.59. The zero-order valence-corrected chi connectivity index (χ0v) is 15.0. The van der Waals surface area contributed by atoms with Crippen LogP contribution in [-0.4, -0.2) is 26.4 Å². The average molecular weight is 383 g/mol. The van der Waals surface area contributed by atoms with Crippen LogP contribution in [0.25, 0.3) is 10.9 Å². The Morgan fingerprint density at radius 1 is 1.29 bits per heavy atom. The van der Waals surface area contributed by atoms with Crippen molar-refractivity contribution >= 4 is 26.8 Å². The summed E-state index contributed by atoms with van der Waals surface area (Å²) < 4.78 is 1.11. The molecule has 0 spiro atoms. The van der Waals surface area contributed by atoms with E-state index in [1.54, 1.807) is 0 Å². The van der Waals surface area contributed by atoms with Crippen LogP contribution in [0.2, 0.25) is 0 Å². The molecule has 4 nitrogen and oxygen atoms in total. The first kappa shape index (κ1) is 14.6. The molecule has 0 amide bonds. The van der Waals surface area contributed by atoms with E-state index < -0.39 is 0 Å². The third kappa shape index (κ3) is 2.66. The fourth-order valence-corrected chi connectivity index (χ4v) is 3.95. The molecule has 2 aliphatic rings. The minimum absolute atomic E-state index is 0.638. The van der Waals surface area contributed by atoms with Gasteiger partial charge in [0.2, 0.25) is 0 Å². The summed E-state index contributed by atoms with van der Waals surface area (Å²) in [5.74, 6) is 1.71. The number of hydrogen-bond acceptors (Lipinski definition) is 3. The number of halogens is 1. The largest absolute Gasteiger partial charge is 0.361 e. The molecule has 2 aromatic heterocycles. The quantitative estimate of drug-likeness (QED) is 0.739. The van der Waals surface area contributed by atoms with Crippen molar-refractivity contribution in [2.45, 2.75) is 38.3 Å². The molecule has 1 aliphatic heterocycles. The topological polar surface area (TPSA) is 44.8 Å². The van der Waals surface area contributed by atoms with Crippen LogP contribution in [0.15, 0.2) is 35.1 Å². The third-order valence-electron chi connectivity index (χ3n) is 5.10. The molecule has 122 valence electrons. The van der Waals surface area contributed by atoms with Crippen molar-refractivity contribution in [1.29, 1.82) is 0 Å². The number of nitrogens with zero attached hydrogens (tertiary/aromatic N) is 3. The molecular weight excluding hydrogens is 364 g/mol. The molecule has 0 saturated heterocycles. The molecule has 5 heteroatoms. The van der Waals surface area contributed by atoms with Gasteiger partial charge < -0.3 is 4.98 Å². The molecule has 3 aromatic rings. The number of aromatic amines is 1. The Labute approximate surface area is 149 Å². The van der Waals surface area contributed by atoms with Crippen molar-refractivity contribution in [2.24, 2.45) is 0 Å². The van der Waals surface area contributed by atoms with Crippen molar-refractivity contribution < 1.29 is 0 Å². The molecule has 1 aliphatic carbocycles. The Bertz CT molecular complexity index is 913. The lowest BCUT2D eigenvalue weighted by Crippen LogP contribution is -2.31. The molecule has 1 N–H and O–H groups in total. The molecular formula is C19H19BrN4. The Morgan fingerprint density at radius 3 is 3.08 bits per heavy atom. The fourth-order valence-electron chi connectivity index (χ4n) is 3.59. The molecule has 1 saturated carbocycles. The fraction of sp³-hybridized carbons (Fsp3) is 0.368. The predicted octanol–water partition coefficient (Wildman–Crippen LogP) is 4.16. The first-order valence-corrected chi connectivity index (χ1v) is 9.38. The molecule has 5 rings (SSSR count). The molecule has 0 atom stereocenters. The summed E-state index contributed by atoms with van der Waals surface area (Å²) in [6, 6.07) is 6.43. The number of H-pyrrole nitrogens is 1. The van der Waals surface area contributed by atoms with E-state index in [0.717, 1.165) is 36.4 Å². The van der Waals surface area contributed by atoms with Gasteiger partial charge in [-0.05, 0) is 30.5 Å². The molecule has 1 fully saturated rings. The highest BCUT2D eigenvalue weighted by Gasteiger charge is 2.28. The molecule has 24 heavy (non-hydrogen) atoms. The zero-order valence-electron chi connectivity index (χ0n) is 13.4. The Morgan fingerprint density at radius 2 is 2.21 bits per heavy atom. The lowest BCUT2D eigenvalue weighted by molar-refractivity contribution is 0.243. The summed E-state index contributed by atoms with van der Waals surface area (Å²) in [5.41, 5.74) is 5.12. The first-order chi connectivity index (χ1) is 11.8. The second-order valence-corrected chi connectivity index (χ2v) is 7.85. The Balaban J connectivity index is 1.36. The SMILES string of the molecule is Brc1ccc2c(CN3CCc4nc(C5CC5)ncc4C3)c[nH]c2c1. The predicted molar refractivity (Wildman–Crippen MR) is 97.8 cm³/mol.